The summed E-state index contributed by atoms with van der Waals surface area (Å²) >= 11 is 7.09. The number of nitrogens with zero attached hydrogens (tertiary/aromatic N) is 3. The highest BCUT2D eigenvalue weighted by atomic mass is 35.5. The second kappa shape index (κ2) is 6.16. The van der Waals surface area contributed by atoms with E-state index in [1.807, 2.05) is 6.07 Å². The molecule has 0 spiro atoms. The van der Waals surface area contributed by atoms with Crippen molar-refractivity contribution in [1.82, 2.24) is 9.97 Å². The van der Waals surface area contributed by atoms with Crippen LogP contribution in [-0.2, 0) is 0 Å². The zero-order valence-corrected chi connectivity index (χ0v) is 13.1. The van der Waals surface area contributed by atoms with Crippen molar-refractivity contribution in [2.75, 3.05) is 0 Å². The summed E-state index contributed by atoms with van der Waals surface area (Å²) < 4.78 is 0.681. The summed E-state index contributed by atoms with van der Waals surface area (Å²) in [6, 6.07) is 12.0. The molecule has 112 valence electrons. The number of nitriles is 1. The Morgan fingerprint density at radius 2 is 2.04 bits per heavy atom. The molecule has 3 aromatic rings. The van der Waals surface area contributed by atoms with Crippen LogP contribution in [0.1, 0.15) is 10.6 Å². The Bertz CT molecular complexity index is 1040. The Labute approximate surface area is 139 Å². The molecule has 5 nitrogen and oxygen atoms in total. The summed E-state index contributed by atoms with van der Waals surface area (Å²) in [6.07, 6.45) is 1.47. The first kappa shape index (κ1) is 15.2. The van der Waals surface area contributed by atoms with Crippen LogP contribution in [0, 0.1) is 11.3 Å². The van der Waals surface area contributed by atoms with Crippen LogP contribution in [0.5, 0.6) is 0 Å². The van der Waals surface area contributed by atoms with E-state index in [4.69, 9.17) is 11.6 Å². The van der Waals surface area contributed by atoms with E-state index in [9.17, 15) is 15.2 Å². The maximum atomic E-state index is 12.1. The fourth-order valence-electron chi connectivity index (χ4n) is 2.02. The van der Waals surface area contributed by atoms with Gasteiger partial charge in [-0.1, -0.05) is 23.7 Å². The van der Waals surface area contributed by atoms with Gasteiger partial charge in [0, 0.05) is 10.9 Å². The Hall–Kier alpha value is -2.75. The van der Waals surface area contributed by atoms with Gasteiger partial charge in [0.2, 0.25) is 0 Å². The van der Waals surface area contributed by atoms with Gasteiger partial charge in [-0.3, -0.25) is 4.79 Å². The first-order chi connectivity index (χ1) is 11.1. The Morgan fingerprint density at radius 3 is 2.78 bits per heavy atom. The van der Waals surface area contributed by atoms with Crippen molar-refractivity contribution in [3.05, 3.63) is 68.7 Å². The van der Waals surface area contributed by atoms with E-state index in [0.29, 0.717) is 10.1 Å². The number of aromatic nitrogens is 2. The van der Waals surface area contributed by atoms with Crippen LogP contribution in [0.25, 0.3) is 21.4 Å². The number of pyridine rings is 1. The third kappa shape index (κ3) is 2.80. The van der Waals surface area contributed by atoms with Gasteiger partial charge in [-0.2, -0.15) is 10.2 Å². The van der Waals surface area contributed by atoms with Crippen LogP contribution in [0.2, 0.25) is 5.15 Å². The maximum absolute atomic E-state index is 12.1. The minimum absolute atomic E-state index is 0.0610. The van der Waals surface area contributed by atoms with E-state index in [-0.39, 0.29) is 27.1 Å². The second-order valence-electron chi connectivity index (χ2n) is 4.50. The molecule has 3 rings (SSSR count). The van der Waals surface area contributed by atoms with Crippen molar-refractivity contribution in [2.45, 2.75) is 0 Å². The second-order valence-corrected chi connectivity index (χ2v) is 5.89. The summed E-state index contributed by atoms with van der Waals surface area (Å²) in [5.74, 6) is -0.357. The number of aliphatic hydroxyl groups excluding tert-OH is 1. The fourth-order valence-corrected chi connectivity index (χ4v) is 3.22. The van der Waals surface area contributed by atoms with Gasteiger partial charge < -0.3 is 5.11 Å². The molecule has 0 fully saturated rings. The number of benzene rings is 1. The summed E-state index contributed by atoms with van der Waals surface area (Å²) in [6.45, 7) is 0. The first-order valence-electron chi connectivity index (χ1n) is 6.46. The van der Waals surface area contributed by atoms with Gasteiger partial charge in [-0.05, 0) is 24.3 Å². The lowest BCUT2D eigenvalue weighted by molar-refractivity contribution is 0.514. The molecule has 1 aromatic carbocycles. The predicted octanol–water partition coefficient (Wildman–Crippen LogP) is 3.65. The molecular formula is C16H8ClN3O2S. The minimum atomic E-state index is -0.452. The first-order valence-corrected chi connectivity index (χ1v) is 7.65. The van der Waals surface area contributed by atoms with Crippen molar-refractivity contribution in [3.8, 4) is 6.07 Å². The lowest BCUT2D eigenvalue weighted by Crippen LogP contribution is -2.07. The highest BCUT2D eigenvalue weighted by molar-refractivity contribution is 7.19. The number of aliphatic hydroxyl groups is 1. The molecule has 0 aliphatic rings. The Kier molecular flexibility index (Phi) is 4.06. The topological polar surface area (TPSA) is 86.9 Å². The third-order valence-electron chi connectivity index (χ3n) is 3.10. The molecular weight excluding hydrogens is 334 g/mol. The predicted molar refractivity (Wildman–Crippen MR) is 90.2 cm³/mol. The molecule has 0 amide bonds. The molecule has 0 aliphatic heterocycles. The van der Waals surface area contributed by atoms with Gasteiger partial charge >= 0.3 is 0 Å². The monoisotopic (exact) mass is 341 g/mol. The van der Waals surface area contributed by atoms with Crippen LogP contribution in [0.3, 0.4) is 0 Å². The third-order valence-corrected chi connectivity index (χ3v) is 4.47. The maximum Gasteiger partial charge on any atom is 0.279 e. The number of allylic oxidation sites excluding steroid dienone is 1. The zero-order chi connectivity index (χ0) is 16.4. The quantitative estimate of drug-likeness (QED) is 0.436. The molecule has 1 N–H and O–H groups in total. The van der Waals surface area contributed by atoms with Crippen molar-refractivity contribution >= 4 is 44.4 Å². The largest absolute Gasteiger partial charge is 0.506 e. The van der Waals surface area contributed by atoms with Gasteiger partial charge in [-0.25, -0.2) is 4.98 Å². The summed E-state index contributed by atoms with van der Waals surface area (Å²) in [5.41, 5.74) is -0.361. The smallest absolute Gasteiger partial charge is 0.279 e. The van der Waals surface area contributed by atoms with E-state index in [0.717, 1.165) is 11.3 Å². The lowest BCUT2D eigenvalue weighted by Gasteiger charge is -2.05. The van der Waals surface area contributed by atoms with E-state index < -0.39 is 5.56 Å². The average molecular weight is 342 g/mol. The van der Waals surface area contributed by atoms with E-state index in [1.54, 1.807) is 30.3 Å². The highest BCUT2D eigenvalue weighted by Gasteiger charge is 2.17. The molecule has 7 heteroatoms. The van der Waals surface area contributed by atoms with Gasteiger partial charge in [-0.15, -0.1) is 11.3 Å². The number of fused-ring (bicyclic) bond motifs is 1. The van der Waals surface area contributed by atoms with Crippen molar-refractivity contribution in [2.24, 2.45) is 0 Å². The molecule has 23 heavy (non-hydrogen) atoms. The zero-order valence-electron chi connectivity index (χ0n) is 11.5. The van der Waals surface area contributed by atoms with Gasteiger partial charge in [0.1, 0.15) is 27.6 Å². The lowest BCUT2D eigenvalue weighted by atomic mass is 10.1. The summed E-state index contributed by atoms with van der Waals surface area (Å²) in [4.78, 5) is 19.9. The normalized spacial score (nSPS) is 11.8. The molecule has 2 aromatic heterocycles. The number of hydrogen-bond donors (Lipinski definition) is 1. The molecule has 0 atom stereocenters. The average Bonchev–Trinajstić information content (AvgIpc) is 2.56. The molecule has 0 unspecified atom stereocenters. The Morgan fingerprint density at radius 1 is 1.26 bits per heavy atom. The summed E-state index contributed by atoms with van der Waals surface area (Å²) in [7, 11) is 0. The molecule has 0 aliphatic carbocycles. The van der Waals surface area contributed by atoms with Crippen molar-refractivity contribution in [3.63, 3.8) is 0 Å². The summed E-state index contributed by atoms with van der Waals surface area (Å²) in [5, 5.41) is 20.4. The molecule has 0 saturated heterocycles. The molecule has 2 heterocycles. The van der Waals surface area contributed by atoms with Crippen LogP contribution in [-0.4, -0.2) is 15.1 Å². The Balaban J connectivity index is 2.27. The van der Waals surface area contributed by atoms with Crippen molar-refractivity contribution < 1.29 is 5.11 Å². The SMILES string of the molecule is N#C/C(=C(/O)c1cccnc1Cl)c1nc(=O)c2ccccc2s1. The van der Waals surface area contributed by atoms with Crippen LogP contribution in [0.4, 0.5) is 0 Å². The molecule has 0 saturated carbocycles. The molecule has 0 bridgehead atoms. The minimum Gasteiger partial charge on any atom is -0.506 e. The van der Waals surface area contributed by atoms with Crippen LogP contribution < -0.4 is 5.56 Å². The fraction of sp³-hybridized carbons (Fsp3) is 0. The van der Waals surface area contributed by atoms with E-state index in [1.165, 1.54) is 12.3 Å². The van der Waals surface area contributed by atoms with Crippen molar-refractivity contribution in [1.29, 1.82) is 5.26 Å². The number of rotatable bonds is 2. The number of hydrogen-bond acceptors (Lipinski definition) is 6. The van der Waals surface area contributed by atoms with Gasteiger partial charge in [0.05, 0.1) is 10.9 Å². The van der Waals surface area contributed by atoms with Gasteiger partial charge in [0.15, 0.2) is 0 Å². The van der Waals surface area contributed by atoms with Crippen LogP contribution in [0.15, 0.2) is 47.4 Å². The van der Waals surface area contributed by atoms with Crippen LogP contribution >= 0.6 is 22.9 Å². The van der Waals surface area contributed by atoms with E-state index in [2.05, 4.69) is 9.97 Å². The van der Waals surface area contributed by atoms with Gasteiger partial charge in [0.25, 0.3) is 5.56 Å². The number of halogens is 1. The van der Waals surface area contributed by atoms with E-state index >= 15 is 0 Å². The standard InChI is InChI=1S/C16H8ClN3O2S/c17-14-10(5-3-7-19-14)13(21)11(8-18)16-20-15(22)9-4-1-2-6-12(9)23-16/h1-7,21H/b13-11-. The molecule has 0 radical (unpaired) electrons. The highest BCUT2D eigenvalue weighted by Crippen LogP contribution is 2.29.